The molecule has 3 heterocycles. The molecule has 8 heteroatoms. The van der Waals surface area contributed by atoms with Crippen LogP contribution in [0.1, 0.15) is 12.2 Å². The smallest absolute Gasteiger partial charge is 0.261 e. The second-order valence-corrected chi connectivity index (χ2v) is 6.61. The maximum atomic E-state index is 12.5. The van der Waals surface area contributed by atoms with Gasteiger partial charge in [0.1, 0.15) is 5.82 Å². The van der Waals surface area contributed by atoms with Crippen LogP contribution in [0.25, 0.3) is 22.0 Å². The Morgan fingerprint density at radius 3 is 2.63 bits per heavy atom. The van der Waals surface area contributed by atoms with Crippen LogP contribution in [0.3, 0.4) is 0 Å². The van der Waals surface area contributed by atoms with Crippen LogP contribution in [0, 0.1) is 6.92 Å². The molecule has 2 aromatic heterocycles. The third kappa shape index (κ3) is 3.25. The van der Waals surface area contributed by atoms with Crippen molar-refractivity contribution >= 4 is 22.8 Å². The van der Waals surface area contributed by atoms with Crippen LogP contribution in [0.5, 0.6) is 0 Å². The highest BCUT2D eigenvalue weighted by molar-refractivity contribution is 5.83. The SMILES string of the molecule is Cc1nc2ccc(-c3cnc(N4CCNC(=O)CC4)nc3)cc2c(=O)n1C. The molecular formula is C19H20N6O2. The number of nitrogens with zero attached hydrogens (tertiary/aromatic N) is 5. The zero-order valence-corrected chi connectivity index (χ0v) is 15.3. The Morgan fingerprint density at radius 1 is 1.07 bits per heavy atom. The highest BCUT2D eigenvalue weighted by Crippen LogP contribution is 2.22. The van der Waals surface area contributed by atoms with Crippen molar-refractivity contribution in [1.82, 2.24) is 24.8 Å². The minimum Gasteiger partial charge on any atom is -0.354 e. The third-order valence-electron chi connectivity index (χ3n) is 4.87. The van der Waals surface area contributed by atoms with E-state index in [9.17, 15) is 9.59 Å². The van der Waals surface area contributed by atoms with Gasteiger partial charge in [-0.2, -0.15) is 0 Å². The summed E-state index contributed by atoms with van der Waals surface area (Å²) in [6, 6.07) is 5.59. The number of nitrogens with one attached hydrogen (secondary N) is 1. The molecule has 1 saturated heterocycles. The number of carbonyl (C=O) groups is 1. The molecule has 0 unspecified atom stereocenters. The highest BCUT2D eigenvalue weighted by Gasteiger charge is 2.16. The molecule has 1 aliphatic rings. The number of hydrogen-bond acceptors (Lipinski definition) is 6. The number of rotatable bonds is 2. The van der Waals surface area contributed by atoms with Crippen LogP contribution in [0.2, 0.25) is 0 Å². The molecule has 0 saturated carbocycles. The van der Waals surface area contributed by atoms with Crippen molar-refractivity contribution in [2.24, 2.45) is 7.05 Å². The van der Waals surface area contributed by atoms with Crippen molar-refractivity contribution in [3.63, 3.8) is 0 Å². The largest absolute Gasteiger partial charge is 0.354 e. The predicted molar refractivity (Wildman–Crippen MR) is 103 cm³/mol. The molecule has 1 fully saturated rings. The minimum atomic E-state index is -0.0707. The molecule has 4 rings (SSSR count). The Balaban J connectivity index is 1.66. The van der Waals surface area contributed by atoms with E-state index in [0.717, 1.165) is 11.1 Å². The van der Waals surface area contributed by atoms with E-state index < -0.39 is 0 Å². The average Bonchev–Trinajstić information content (AvgIpc) is 2.91. The van der Waals surface area contributed by atoms with E-state index in [2.05, 4.69) is 20.3 Å². The molecule has 0 spiro atoms. The van der Waals surface area contributed by atoms with Crippen LogP contribution in [-0.2, 0) is 11.8 Å². The lowest BCUT2D eigenvalue weighted by molar-refractivity contribution is -0.120. The molecule has 1 aromatic carbocycles. The molecule has 8 nitrogen and oxygen atoms in total. The highest BCUT2D eigenvalue weighted by atomic mass is 16.1. The number of fused-ring (bicyclic) bond motifs is 1. The summed E-state index contributed by atoms with van der Waals surface area (Å²) in [6.45, 7) is 3.68. The van der Waals surface area contributed by atoms with Crippen molar-refractivity contribution < 1.29 is 4.79 Å². The van der Waals surface area contributed by atoms with Crippen LogP contribution in [-0.4, -0.2) is 45.1 Å². The van der Waals surface area contributed by atoms with Gasteiger partial charge < -0.3 is 10.2 Å². The van der Waals surface area contributed by atoms with Crippen LogP contribution >= 0.6 is 0 Å². The van der Waals surface area contributed by atoms with E-state index in [1.807, 2.05) is 30.0 Å². The standard InChI is InChI=1S/C19H20N6O2/c1-12-23-16-4-3-13(9-15(16)18(27)24(12)2)14-10-21-19(22-11-14)25-7-5-17(26)20-6-8-25/h3-4,9-11H,5-8H2,1-2H3,(H,20,26). The maximum absolute atomic E-state index is 12.5. The molecule has 0 aliphatic carbocycles. The minimum absolute atomic E-state index is 0.0516. The molecular weight excluding hydrogens is 344 g/mol. The second kappa shape index (κ2) is 6.79. The number of aryl methyl sites for hydroxylation is 1. The Bertz CT molecular complexity index is 1070. The average molecular weight is 364 g/mol. The van der Waals surface area contributed by atoms with Crippen molar-refractivity contribution in [1.29, 1.82) is 0 Å². The Kier molecular flexibility index (Phi) is 4.31. The monoisotopic (exact) mass is 364 g/mol. The van der Waals surface area contributed by atoms with E-state index in [4.69, 9.17) is 0 Å². The van der Waals surface area contributed by atoms with Gasteiger partial charge in [0.05, 0.1) is 10.9 Å². The summed E-state index contributed by atoms with van der Waals surface area (Å²) in [6.07, 6.45) is 3.93. The first-order valence-corrected chi connectivity index (χ1v) is 8.84. The van der Waals surface area contributed by atoms with E-state index in [-0.39, 0.29) is 11.5 Å². The summed E-state index contributed by atoms with van der Waals surface area (Å²) < 4.78 is 1.54. The summed E-state index contributed by atoms with van der Waals surface area (Å²) in [5.41, 5.74) is 2.30. The fraction of sp³-hybridized carbons (Fsp3) is 0.316. The number of hydrogen-bond donors (Lipinski definition) is 1. The lowest BCUT2D eigenvalue weighted by atomic mass is 10.1. The first-order valence-electron chi connectivity index (χ1n) is 8.84. The van der Waals surface area contributed by atoms with Gasteiger partial charge in [-0.25, -0.2) is 15.0 Å². The lowest BCUT2D eigenvalue weighted by Crippen LogP contribution is -2.29. The summed E-state index contributed by atoms with van der Waals surface area (Å²) in [5.74, 6) is 1.33. The zero-order chi connectivity index (χ0) is 19.0. The van der Waals surface area contributed by atoms with Gasteiger partial charge in [-0.15, -0.1) is 0 Å². The van der Waals surface area contributed by atoms with Gasteiger partial charge in [0, 0.05) is 51.1 Å². The predicted octanol–water partition coefficient (Wildman–Crippen LogP) is 1.03. The molecule has 0 radical (unpaired) electrons. The number of amides is 1. The molecule has 1 N–H and O–H groups in total. The normalized spacial score (nSPS) is 14.9. The van der Waals surface area contributed by atoms with Gasteiger partial charge in [-0.3, -0.25) is 14.2 Å². The second-order valence-electron chi connectivity index (χ2n) is 6.61. The first kappa shape index (κ1) is 17.1. The van der Waals surface area contributed by atoms with Gasteiger partial charge in [0.25, 0.3) is 5.56 Å². The van der Waals surface area contributed by atoms with E-state index in [1.165, 1.54) is 0 Å². The molecule has 1 amide bonds. The van der Waals surface area contributed by atoms with Crippen molar-refractivity contribution in [3.8, 4) is 11.1 Å². The Hall–Kier alpha value is -3.29. The van der Waals surface area contributed by atoms with Gasteiger partial charge in [-0.1, -0.05) is 6.07 Å². The number of benzene rings is 1. The lowest BCUT2D eigenvalue weighted by Gasteiger charge is -2.19. The van der Waals surface area contributed by atoms with E-state index in [1.54, 1.807) is 24.0 Å². The Morgan fingerprint density at radius 2 is 1.85 bits per heavy atom. The Labute approximate surface area is 155 Å². The van der Waals surface area contributed by atoms with Crippen molar-refractivity contribution in [2.45, 2.75) is 13.3 Å². The van der Waals surface area contributed by atoms with Gasteiger partial charge in [-0.05, 0) is 24.6 Å². The van der Waals surface area contributed by atoms with Gasteiger partial charge >= 0.3 is 0 Å². The van der Waals surface area contributed by atoms with E-state index >= 15 is 0 Å². The van der Waals surface area contributed by atoms with Crippen molar-refractivity contribution in [2.75, 3.05) is 24.5 Å². The molecule has 0 bridgehead atoms. The fourth-order valence-electron chi connectivity index (χ4n) is 3.16. The van der Waals surface area contributed by atoms with Gasteiger partial charge in [0.2, 0.25) is 11.9 Å². The van der Waals surface area contributed by atoms with Crippen LogP contribution in [0.4, 0.5) is 5.95 Å². The van der Waals surface area contributed by atoms with Gasteiger partial charge in [0.15, 0.2) is 0 Å². The molecule has 27 heavy (non-hydrogen) atoms. The summed E-state index contributed by atoms with van der Waals surface area (Å²) in [4.78, 5) is 39.3. The third-order valence-corrected chi connectivity index (χ3v) is 4.87. The maximum Gasteiger partial charge on any atom is 0.261 e. The van der Waals surface area contributed by atoms with Crippen molar-refractivity contribution in [3.05, 3.63) is 46.8 Å². The summed E-state index contributed by atoms with van der Waals surface area (Å²) in [7, 11) is 1.72. The van der Waals surface area contributed by atoms with Crippen LogP contribution in [0.15, 0.2) is 35.4 Å². The topological polar surface area (TPSA) is 93.0 Å². The first-order chi connectivity index (χ1) is 13.0. The number of anilines is 1. The number of aromatic nitrogens is 4. The quantitative estimate of drug-likeness (QED) is 0.730. The zero-order valence-electron chi connectivity index (χ0n) is 15.3. The number of carbonyl (C=O) groups excluding carboxylic acids is 1. The van der Waals surface area contributed by atoms with E-state index in [0.29, 0.717) is 48.7 Å². The summed E-state index contributed by atoms with van der Waals surface area (Å²) in [5, 5.41) is 3.41. The summed E-state index contributed by atoms with van der Waals surface area (Å²) >= 11 is 0. The fourth-order valence-corrected chi connectivity index (χ4v) is 3.16. The van der Waals surface area contributed by atoms with Crippen LogP contribution < -0.4 is 15.8 Å². The molecule has 0 atom stereocenters. The molecule has 1 aliphatic heterocycles. The molecule has 138 valence electrons. The molecule has 3 aromatic rings.